The number of benzene rings is 2. The summed E-state index contributed by atoms with van der Waals surface area (Å²) in [4.78, 5) is 4.72. The maximum atomic E-state index is 13.9. The first-order chi connectivity index (χ1) is 15.0. The van der Waals surface area contributed by atoms with E-state index in [9.17, 15) is 4.39 Å². The zero-order chi connectivity index (χ0) is 22.1. The molecule has 0 radical (unpaired) electrons. The van der Waals surface area contributed by atoms with E-state index in [2.05, 4.69) is 28.8 Å². The molecule has 0 aliphatic carbocycles. The number of nitrogens with zero attached hydrogens (tertiary/aromatic N) is 1. The summed E-state index contributed by atoms with van der Waals surface area (Å²) in [6, 6.07) is 13.6. The first kappa shape index (κ1) is 26.5. The van der Waals surface area contributed by atoms with Gasteiger partial charge in [-0.25, -0.2) is 9.38 Å². The molecule has 2 aromatic rings. The first-order valence-corrected chi connectivity index (χ1v) is 11.1. The fraction of sp³-hybridized carbons (Fsp3) is 0.480. The van der Waals surface area contributed by atoms with Crippen molar-refractivity contribution in [3.8, 4) is 0 Å². The summed E-state index contributed by atoms with van der Waals surface area (Å²) in [5, 5.41) is 6.64. The Bertz CT molecular complexity index is 872. The summed E-state index contributed by atoms with van der Waals surface area (Å²) in [7, 11) is 0. The molecule has 1 heterocycles. The van der Waals surface area contributed by atoms with Crippen molar-refractivity contribution in [1.82, 2.24) is 10.6 Å². The van der Waals surface area contributed by atoms with Gasteiger partial charge in [0.1, 0.15) is 5.82 Å². The largest absolute Gasteiger partial charge is 0.381 e. The number of aliphatic imine (C=N–C) groups is 1. The molecular weight excluding hydrogens is 520 g/mol. The van der Waals surface area contributed by atoms with E-state index in [0.29, 0.717) is 24.7 Å². The Hall–Kier alpha value is -1.71. The monoisotopic (exact) mass is 555 g/mol. The zero-order valence-corrected chi connectivity index (χ0v) is 21.5. The molecule has 0 saturated carbocycles. The van der Waals surface area contributed by atoms with Gasteiger partial charge in [-0.1, -0.05) is 36.4 Å². The van der Waals surface area contributed by atoms with Crippen LogP contribution < -0.4 is 10.6 Å². The molecule has 1 unspecified atom stereocenters. The summed E-state index contributed by atoms with van der Waals surface area (Å²) in [5.74, 6) is 0.521. The van der Waals surface area contributed by atoms with Crippen LogP contribution in [0.3, 0.4) is 0 Å². The third-order valence-electron chi connectivity index (χ3n) is 5.46. The molecule has 1 fully saturated rings. The lowest BCUT2D eigenvalue weighted by molar-refractivity contribution is -0.0390. The number of aryl methyl sites for hydroxylation is 1. The van der Waals surface area contributed by atoms with Crippen molar-refractivity contribution >= 4 is 29.9 Å². The lowest BCUT2D eigenvalue weighted by atomic mass is 10.1. The van der Waals surface area contributed by atoms with Crippen LogP contribution in [0.4, 0.5) is 4.39 Å². The van der Waals surface area contributed by atoms with E-state index in [1.807, 2.05) is 26.0 Å². The molecule has 176 valence electrons. The van der Waals surface area contributed by atoms with Crippen molar-refractivity contribution in [2.45, 2.75) is 58.9 Å². The maximum absolute atomic E-state index is 13.9. The van der Waals surface area contributed by atoms with Gasteiger partial charge in [0.2, 0.25) is 0 Å². The van der Waals surface area contributed by atoms with E-state index in [0.717, 1.165) is 49.3 Å². The number of nitrogens with one attached hydrogen (secondary N) is 2. The van der Waals surface area contributed by atoms with Crippen LogP contribution in [0.1, 0.15) is 55.0 Å². The summed E-state index contributed by atoms with van der Waals surface area (Å²) >= 11 is 0. The summed E-state index contributed by atoms with van der Waals surface area (Å²) < 4.78 is 25.3. The summed E-state index contributed by atoms with van der Waals surface area (Å²) in [6.45, 7) is 9.28. The number of hydrogen-bond acceptors (Lipinski definition) is 3. The van der Waals surface area contributed by atoms with Crippen LogP contribution >= 0.6 is 24.0 Å². The molecule has 1 aliphatic rings. The smallest absolute Gasteiger partial charge is 0.192 e. The van der Waals surface area contributed by atoms with Crippen LogP contribution in [-0.2, 0) is 22.6 Å². The average molecular weight is 555 g/mol. The predicted molar refractivity (Wildman–Crippen MR) is 138 cm³/mol. The number of rotatable bonds is 8. The molecule has 32 heavy (non-hydrogen) atoms. The van der Waals surface area contributed by atoms with Crippen LogP contribution in [0.25, 0.3) is 0 Å². The van der Waals surface area contributed by atoms with Crippen LogP contribution in [0.2, 0.25) is 0 Å². The first-order valence-electron chi connectivity index (χ1n) is 11.1. The SMILES string of the molecule is CCNC(=NCc1cccc(COC2CCOCC2)c1)NC(C)c1ccc(C)c(F)c1.I. The Morgan fingerprint density at radius 1 is 1.19 bits per heavy atom. The standard InChI is InChI=1S/C25H34FN3O2.HI/c1-4-27-25(29-19(3)22-9-8-18(2)24(26)15-22)28-16-20-6-5-7-21(14-20)17-31-23-10-12-30-13-11-23;/h5-9,14-15,19,23H,4,10-13,16-17H2,1-3H3,(H2,27,28,29);1H. The lowest BCUT2D eigenvalue weighted by Gasteiger charge is -2.22. The van der Waals surface area contributed by atoms with E-state index in [1.54, 1.807) is 19.1 Å². The van der Waals surface area contributed by atoms with Gasteiger partial charge >= 0.3 is 0 Å². The molecule has 0 spiro atoms. The second kappa shape index (κ2) is 13.7. The Balaban J connectivity index is 0.00000363. The third-order valence-corrected chi connectivity index (χ3v) is 5.46. The van der Waals surface area contributed by atoms with Crippen molar-refractivity contribution in [3.05, 3.63) is 70.5 Å². The number of halogens is 2. The van der Waals surface area contributed by atoms with Crippen molar-refractivity contribution in [1.29, 1.82) is 0 Å². The van der Waals surface area contributed by atoms with Crippen molar-refractivity contribution in [2.75, 3.05) is 19.8 Å². The lowest BCUT2D eigenvalue weighted by Crippen LogP contribution is -2.38. The van der Waals surface area contributed by atoms with Gasteiger partial charge in [-0.3, -0.25) is 0 Å². The second-order valence-electron chi connectivity index (χ2n) is 8.01. The minimum Gasteiger partial charge on any atom is -0.381 e. The Morgan fingerprint density at radius 3 is 2.66 bits per heavy atom. The van der Waals surface area contributed by atoms with Crippen LogP contribution in [0.15, 0.2) is 47.5 Å². The highest BCUT2D eigenvalue weighted by molar-refractivity contribution is 14.0. The molecule has 0 bridgehead atoms. The normalized spacial score (nSPS) is 15.7. The van der Waals surface area contributed by atoms with Gasteiger partial charge in [0.25, 0.3) is 0 Å². The molecule has 5 nitrogen and oxygen atoms in total. The molecule has 0 aromatic heterocycles. The van der Waals surface area contributed by atoms with Crippen LogP contribution in [-0.4, -0.2) is 31.8 Å². The number of guanidine groups is 1. The molecule has 2 N–H and O–H groups in total. The molecule has 1 aliphatic heterocycles. The number of hydrogen-bond donors (Lipinski definition) is 2. The molecule has 2 aromatic carbocycles. The van der Waals surface area contributed by atoms with Crippen LogP contribution in [0, 0.1) is 12.7 Å². The van der Waals surface area contributed by atoms with Crippen molar-refractivity contribution < 1.29 is 13.9 Å². The highest BCUT2D eigenvalue weighted by Crippen LogP contribution is 2.17. The Morgan fingerprint density at radius 2 is 1.94 bits per heavy atom. The fourth-order valence-electron chi connectivity index (χ4n) is 3.53. The van der Waals surface area contributed by atoms with Gasteiger partial charge in [-0.05, 0) is 61.9 Å². The van der Waals surface area contributed by atoms with Crippen molar-refractivity contribution in [3.63, 3.8) is 0 Å². The number of ether oxygens (including phenoxy) is 2. The van der Waals surface area contributed by atoms with E-state index < -0.39 is 0 Å². The van der Waals surface area contributed by atoms with Gasteiger partial charge in [0.05, 0.1) is 25.3 Å². The van der Waals surface area contributed by atoms with Crippen molar-refractivity contribution in [2.24, 2.45) is 4.99 Å². The quantitative estimate of drug-likeness (QED) is 0.265. The van der Waals surface area contributed by atoms with Gasteiger partial charge in [-0.2, -0.15) is 0 Å². The summed E-state index contributed by atoms with van der Waals surface area (Å²) in [5.41, 5.74) is 3.82. The molecule has 3 rings (SSSR count). The predicted octanol–water partition coefficient (Wildman–Crippen LogP) is 5.26. The zero-order valence-electron chi connectivity index (χ0n) is 19.2. The van der Waals surface area contributed by atoms with Gasteiger partial charge in [0, 0.05) is 19.8 Å². The topological polar surface area (TPSA) is 54.9 Å². The van der Waals surface area contributed by atoms with Crippen LogP contribution in [0.5, 0.6) is 0 Å². The molecular formula is C25H35FIN3O2. The minimum atomic E-state index is -0.187. The van der Waals surface area contributed by atoms with E-state index in [1.165, 1.54) is 0 Å². The summed E-state index contributed by atoms with van der Waals surface area (Å²) in [6.07, 6.45) is 2.21. The Kier molecular flexibility index (Phi) is 11.4. The third kappa shape index (κ3) is 8.33. The molecule has 0 amide bonds. The van der Waals surface area contributed by atoms with E-state index in [-0.39, 0.29) is 41.9 Å². The van der Waals surface area contributed by atoms with E-state index >= 15 is 0 Å². The molecule has 7 heteroatoms. The Labute approximate surface area is 208 Å². The molecule has 1 atom stereocenters. The average Bonchev–Trinajstić information content (AvgIpc) is 2.79. The highest BCUT2D eigenvalue weighted by Gasteiger charge is 2.14. The molecule has 1 saturated heterocycles. The maximum Gasteiger partial charge on any atom is 0.192 e. The highest BCUT2D eigenvalue weighted by atomic mass is 127. The van der Waals surface area contributed by atoms with Gasteiger partial charge in [-0.15, -0.1) is 24.0 Å². The second-order valence-corrected chi connectivity index (χ2v) is 8.01. The minimum absolute atomic E-state index is 0. The van der Waals surface area contributed by atoms with Gasteiger partial charge in [0.15, 0.2) is 5.96 Å². The van der Waals surface area contributed by atoms with Gasteiger partial charge < -0.3 is 20.1 Å². The van der Waals surface area contributed by atoms with E-state index in [4.69, 9.17) is 14.5 Å². The fourth-order valence-corrected chi connectivity index (χ4v) is 3.53.